The molecule has 0 saturated heterocycles. The number of hydrazine groups is 1. The molecule has 4 nitrogen and oxygen atoms in total. The van der Waals surface area contributed by atoms with E-state index in [2.05, 4.69) is 17.6 Å². The van der Waals surface area contributed by atoms with Gasteiger partial charge in [0.15, 0.2) is 0 Å². The van der Waals surface area contributed by atoms with Crippen LogP contribution in [0.1, 0.15) is 11.6 Å². The van der Waals surface area contributed by atoms with E-state index < -0.39 is 0 Å². The number of ether oxygens (including phenoxy) is 2. The maximum absolute atomic E-state index is 5.74. The van der Waals surface area contributed by atoms with Crippen molar-refractivity contribution in [2.24, 2.45) is 5.84 Å². The van der Waals surface area contributed by atoms with Crippen molar-refractivity contribution < 1.29 is 9.47 Å². The van der Waals surface area contributed by atoms with Crippen LogP contribution in [-0.4, -0.2) is 20.0 Å². The fourth-order valence-corrected chi connectivity index (χ4v) is 3.11. The zero-order valence-corrected chi connectivity index (χ0v) is 13.0. The Morgan fingerprint density at radius 1 is 1.00 bits per heavy atom. The molecule has 0 saturated carbocycles. The van der Waals surface area contributed by atoms with Crippen LogP contribution in [0.5, 0.6) is 11.5 Å². The number of thioether (sulfide) groups is 1. The Bertz CT molecular complexity index is 541. The van der Waals surface area contributed by atoms with Crippen LogP contribution in [0.15, 0.2) is 53.4 Å². The summed E-state index contributed by atoms with van der Waals surface area (Å²) < 4.78 is 10.9. The molecule has 0 aliphatic heterocycles. The molecular weight excluding hydrogens is 284 g/mol. The first kappa shape index (κ1) is 15.7. The van der Waals surface area contributed by atoms with Crippen molar-refractivity contribution >= 4 is 11.8 Å². The van der Waals surface area contributed by atoms with E-state index in [9.17, 15) is 0 Å². The molecule has 0 spiro atoms. The third-order valence-corrected chi connectivity index (χ3v) is 4.28. The first-order valence-corrected chi connectivity index (χ1v) is 7.63. The summed E-state index contributed by atoms with van der Waals surface area (Å²) in [6.07, 6.45) is 0. The summed E-state index contributed by atoms with van der Waals surface area (Å²) >= 11 is 1.73. The molecule has 0 bridgehead atoms. The molecule has 2 aromatic rings. The lowest BCUT2D eigenvalue weighted by Crippen LogP contribution is -2.30. The smallest absolute Gasteiger partial charge is 0.127 e. The molecule has 0 fully saturated rings. The lowest BCUT2D eigenvalue weighted by Gasteiger charge is -2.21. The second kappa shape index (κ2) is 7.93. The molecule has 2 aromatic carbocycles. The number of nitrogens with one attached hydrogen (secondary N) is 1. The van der Waals surface area contributed by atoms with Gasteiger partial charge in [-0.1, -0.05) is 24.3 Å². The second-order valence-corrected chi connectivity index (χ2v) is 5.51. The summed E-state index contributed by atoms with van der Waals surface area (Å²) in [4.78, 5) is 1.20. The average Bonchev–Trinajstić information content (AvgIpc) is 2.56. The predicted molar refractivity (Wildman–Crippen MR) is 86.8 cm³/mol. The highest BCUT2D eigenvalue weighted by molar-refractivity contribution is 7.99. The van der Waals surface area contributed by atoms with Gasteiger partial charge < -0.3 is 9.47 Å². The van der Waals surface area contributed by atoms with Crippen molar-refractivity contribution in [3.05, 3.63) is 54.1 Å². The van der Waals surface area contributed by atoms with E-state index in [1.807, 2.05) is 36.4 Å². The lowest BCUT2D eigenvalue weighted by atomic mass is 10.1. The van der Waals surface area contributed by atoms with Crippen LogP contribution < -0.4 is 20.7 Å². The average molecular weight is 304 g/mol. The van der Waals surface area contributed by atoms with Gasteiger partial charge in [0, 0.05) is 10.6 Å². The maximum atomic E-state index is 5.74. The number of hydrogen-bond donors (Lipinski definition) is 2. The summed E-state index contributed by atoms with van der Waals surface area (Å²) in [5, 5.41) is 0. The van der Waals surface area contributed by atoms with Gasteiger partial charge in [-0.25, -0.2) is 0 Å². The summed E-state index contributed by atoms with van der Waals surface area (Å²) in [7, 11) is 3.30. The van der Waals surface area contributed by atoms with Crippen LogP contribution in [-0.2, 0) is 0 Å². The molecule has 0 radical (unpaired) electrons. The van der Waals surface area contributed by atoms with E-state index in [1.54, 1.807) is 26.0 Å². The van der Waals surface area contributed by atoms with Gasteiger partial charge in [0.05, 0.1) is 25.8 Å². The molecule has 0 aliphatic carbocycles. The van der Waals surface area contributed by atoms with Gasteiger partial charge >= 0.3 is 0 Å². The Balaban J connectivity index is 2.21. The highest BCUT2D eigenvalue weighted by Gasteiger charge is 2.20. The summed E-state index contributed by atoms with van der Waals surface area (Å²) in [5.41, 5.74) is 3.80. The van der Waals surface area contributed by atoms with Crippen molar-refractivity contribution in [2.75, 3.05) is 20.0 Å². The molecule has 1 unspecified atom stereocenters. The largest absolute Gasteiger partial charge is 0.496 e. The molecule has 112 valence electrons. The number of methoxy groups -OCH3 is 2. The van der Waals surface area contributed by atoms with Gasteiger partial charge in [-0.15, -0.1) is 11.8 Å². The summed E-state index contributed by atoms with van der Waals surface area (Å²) in [6, 6.07) is 15.9. The van der Waals surface area contributed by atoms with E-state index in [1.165, 1.54) is 4.90 Å². The van der Waals surface area contributed by atoms with Crippen molar-refractivity contribution in [2.45, 2.75) is 10.9 Å². The number of benzene rings is 2. The molecular formula is C16H20N2O2S. The minimum absolute atomic E-state index is 0.0682. The topological polar surface area (TPSA) is 56.5 Å². The number of rotatable bonds is 7. The lowest BCUT2D eigenvalue weighted by molar-refractivity contribution is 0.375. The Labute approximate surface area is 129 Å². The van der Waals surface area contributed by atoms with E-state index in [-0.39, 0.29) is 6.04 Å². The van der Waals surface area contributed by atoms with Gasteiger partial charge in [0.25, 0.3) is 0 Å². The molecule has 0 aromatic heterocycles. The molecule has 0 aliphatic rings. The quantitative estimate of drug-likeness (QED) is 0.468. The van der Waals surface area contributed by atoms with E-state index in [0.29, 0.717) is 0 Å². The first-order chi connectivity index (χ1) is 10.3. The zero-order valence-electron chi connectivity index (χ0n) is 12.2. The van der Waals surface area contributed by atoms with Gasteiger partial charge in [-0.3, -0.25) is 11.3 Å². The van der Waals surface area contributed by atoms with Gasteiger partial charge in [-0.05, 0) is 24.3 Å². The maximum Gasteiger partial charge on any atom is 0.127 e. The third kappa shape index (κ3) is 3.91. The third-order valence-electron chi connectivity index (χ3n) is 3.18. The van der Waals surface area contributed by atoms with Gasteiger partial charge in [0.2, 0.25) is 0 Å². The van der Waals surface area contributed by atoms with E-state index in [4.69, 9.17) is 15.3 Å². The molecule has 2 rings (SSSR count). The van der Waals surface area contributed by atoms with Crippen LogP contribution in [0.25, 0.3) is 0 Å². The standard InChI is InChI=1S/C16H20N2O2S/c1-19-14-9-6-10-15(20-2)16(14)13(18-17)11-21-12-7-4-3-5-8-12/h3-10,13,18H,11,17H2,1-2H3. The Hall–Kier alpha value is -1.69. The minimum Gasteiger partial charge on any atom is -0.496 e. The van der Waals surface area contributed by atoms with Crippen LogP contribution in [0, 0.1) is 0 Å². The number of nitrogens with two attached hydrogens (primary N) is 1. The Kier molecular flexibility index (Phi) is 5.92. The molecule has 0 heterocycles. The zero-order chi connectivity index (χ0) is 15.1. The Morgan fingerprint density at radius 3 is 2.14 bits per heavy atom. The summed E-state index contributed by atoms with van der Waals surface area (Å²) in [6.45, 7) is 0. The van der Waals surface area contributed by atoms with Crippen molar-refractivity contribution in [1.29, 1.82) is 0 Å². The monoisotopic (exact) mass is 304 g/mol. The number of hydrogen-bond acceptors (Lipinski definition) is 5. The fraction of sp³-hybridized carbons (Fsp3) is 0.250. The Morgan fingerprint density at radius 2 is 1.62 bits per heavy atom. The molecule has 5 heteroatoms. The fourth-order valence-electron chi connectivity index (χ4n) is 2.13. The highest BCUT2D eigenvalue weighted by atomic mass is 32.2. The predicted octanol–water partition coefficient (Wildman–Crippen LogP) is 3.00. The summed E-state index contributed by atoms with van der Waals surface area (Å²) in [5.74, 6) is 8.06. The van der Waals surface area contributed by atoms with Crippen molar-refractivity contribution in [1.82, 2.24) is 5.43 Å². The van der Waals surface area contributed by atoms with E-state index >= 15 is 0 Å². The van der Waals surface area contributed by atoms with Gasteiger partial charge in [0.1, 0.15) is 11.5 Å². The van der Waals surface area contributed by atoms with Crippen LogP contribution in [0.2, 0.25) is 0 Å². The molecule has 0 amide bonds. The van der Waals surface area contributed by atoms with Crippen LogP contribution >= 0.6 is 11.8 Å². The molecule has 1 atom stereocenters. The molecule has 3 N–H and O–H groups in total. The minimum atomic E-state index is -0.0682. The van der Waals surface area contributed by atoms with Gasteiger partial charge in [-0.2, -0.15) is 0 Å². The van der Waals surface area contributed by atoms with Crippen molar-refractivity contribution in [3.63, 3.8) is 0 Å². The first-order valence-electron chi connectivity index (χ1n) is 6.65. The molecule has 21 heavy (non-hydrogen) atoms. The normalized spacial score (nSPS) is 12.0. The van der Waals surface area contributed by atoms with Crippen LogP contribution in [0.4, 0.5) is 0 Å². The van der Waals surface area contributed by atoms with Crippen molar-refractivity contribution in [3.8, 4) is 11.5 Å². The second-order valence-electron chi connectivity index (χ2n) is 4.42. The van der Waals surface area contributed by atoms with E-state index in [0.717, 1.165) is 22.8 Å². The SMILES string of the molecule is COc1cccc(OC)c1C(CSc1ccccc1)NN. The highest BCUT2D eigenvalue weighted by Crippen LogP contribution is 2.36. The van der Waals surface area contributed by atoms with Crippen LogP contribution in [0.3, 0.4) is 0 Å².